The lowest BCUT2D eigenvalue weighted by molar-refractivity contribution is 0.102. The summed E-state index contributed by atoms with van der Waals surface area (Å²) < 4.78 is 6.40. The molecule has 2 aromatic heterocycles. The Morgan fingerprint density at radius 1 is 1.06 bits per heavy atom. The Bertz CT molecular complexity index is 1450. The van der Waals surface area contributed by atoms with E-state index in [-0.39, 0.29) is 24.7 Å². The molecule has 0 atom stereocenters. The molecule has 4 aromatic rings. The van der Waals surface area contributed by atoms with Gasteiger partial charge in [0.15, 0.2) is 0 Å². The number of H-pyrrole nitrogens is 2. The highest BCUT2D eigenvalue weighted by atomic mass is 16.5. The highest BCUT2D eigenvalue weighted by molar-refractivity contribution is 6.07. The molecule has 0 saturated carbocycles. The Morgan fingerprint density at radius 3 is 2.56 bits per heavy atom. The Hall–Kier alpha value is -4.11. The van der Waals surface area contributed by atoms with Crippen LogP contribution in [0.3, 0.4) is 0 Å². The SMILES string of the molecule is COCCn1c(NC(=O)c2cc3c(C)cc(C)cc3[nH]2)c(NCc2ccccc2)c(=O)[nH]c1=O. The molecule has 9 heteroatoms. The number of amides is 1. The van der Waals surface area contributed by atoms with Gasteiger partial charge in [-0.25, -0.2) is 4.79 Å². The molecule has 0 bridgehead atoms. The lowest BCUT2D eigenvalue weighted by Crippen LogP contribution is -2.36. The van der Waals surface area contributed by atoms with E-state index in [1.165, 1.54) is 11.7 Å². The van der Waals surface area contributed by atoms with Crippen LogP contribution in [0, 0.1) is 13.8 Å². The Morgan fingerprint density at radius 2 is 1.82 bits per heavy atom. The minimum absolute atomic E-state index is 0.0817. The van der Waals surface area contributed by atoms with Crippen LogP contribution in [0.1, 0.15) is 27.2 Å². The second-order valence-corrected chi connectivity index (χ2v) is 8.15. The van der Waals surface area contributed by atoms with Crippen LogP contribution in [0.5, 0.6) is 0 Å². The van der Waals surface area contributed by atoms with Gasteiger partial charge < -0.3 is 20.4 Å². The molecule has 1 amide bonds. The molecular weight excluding hydrogens is 434 g/mol. The number of carbonyl (C=O) groups excluding carboxylic acids is 1. The van der Waals surface area contributed by atoms with E-state index >= 15 is 0 Å². The summed E-state index contributed by atoms with van der Waals surface area (Å²) in [4.78, 5) is 44.0. The van der Waals surface area contributed by atoms with E-state index in [1.54, 1.807) is 6.07 Å². The first-order chi connectivity index (χ1) is 16.4. The van der Waals surface area contributed by atoms with Gasteiger partial charge in [0.25, 0.3) is 11.5 Å². The van der Waals surface area contributed by atoms with Gasteiger partial charge in [-0.05, 0) is 42.7 Å². The number of rotatable bonds is 8. The van der Waals surface area contributed by atoms with E-state index < -0.39 is 17.2 Å². The number of anilines is 2. The van der Waals surface area contributed by atoms with Gasteiger partial charge in [-0.2, -0.15) is 0 Å². The summed E-state index contributed by atoms with van der Waals surface area (Å²) in [6, 6.07) is 15.3. The zero-order chi connectivity index (χ0) is 24.2. The van der Waals surface area contributed by atoms with Crippen molar-refractivity contribution in [2.75, 3.05) is 24.4 Å². The fourth-order valence-electron chi connectivity index (χ4n) is 3.94. The Kier molecular flexibility index (Phi) is 6.65. The summed E-state index contributed by atoms with van der Waals surface area (Å²) in [7, 11) is 1.51. The zero-order valence-electron chi connectivity index (χ0n) is 19.3. The van der Waals surface area contributed by atoms with Crippen LogP contribution >= 0.6 is 0 Å². The largest absolute Gasteiger partial charge is 0.383 e. The van der Waals surface area contributed by atoms with Gasteiger partial charge in [0.1, 0.15) is 17.2 Å². The molecule has 176 valence electrons. The van der Waals surface area contributed by atoms with Crippen LogP contribution in [0.4, 0.5) is 11.5 Å². The van der Waals surface area contributed by atoms with Crippen molar-refractivity contribution >= 4 is 28.3 Å². The summed E-state index contributed by atoms with van der Waals surface area (Å²) in [6.07, 6.45) is 0. The Labute approximate surface area is 195 Å². The first kappa shape index (κ1) is 23.1. The number of nitrogens with one attached hydrogen (secondary N) is 4. The summed E-state index contributed by atoms with van der Waals surface area (Å²) in [5.74, 6) is -0.384. The predicted octanol–water partition coefficient (Wildman–Crippen LogP) is 3.15. The van der Waals surface area contributed by atoms with Crippen LogP contribution in [-0.2, 0) is 17.8 Å². The average Bonchev–Trinajstić information content (AvgIpc) is 3.24. The molecule has 2 heterocycles. The molecule has 0 aliphatic carbocycles. The summed E-state index contributed by atoms with van der Waals surface area (Å²) in [6.45, 7) is 4.67. The summed E-state index contributed by atoms with van der Waals surface area (Å²) >= 11 is 0. The van der Waals surface area contributed by atoms with Crippen molar-refractivity contribution in [2.24, 2.45) is 0 Å². The summed E-state index contributed by atoms with van der Waals surface area (Å²) in [5.41, 5.74) is 3.07. The maximum absolute atomic E-state index is 13.2. The van der Waals surface area contributed by atoms with Gasteiger partial charge in [-0.1, -0.05) is 36.4 Å². The van der Waals surface area contributed by atoms with Gasteiger partial charge in [0.2, 0.25) is 0 Å². The van der Waals surface area contributed by atoms with Gasteiger partial charge in [0, 0.05) is 24.6 Å². The van der Waals surface area contributed by atoms with Gasteiger partial charge in [-0.3, -0.25) is 19.1 Å². The molecule has 0 aliphatic heterocycles. The predicted molar refractivity (Wildman–Crippen MR) is 133 cm³/mol. The van der Waals surface area contributed by atoms with Crippen molar-refractivity contribution < 1.29 is 9.53 Å². The Balaban J connectivity index is 1.73. The second-order valence-electron chi connectivity index (χ2n) is 8.15. The smallest absolute Gasteiger partial charge is 0.330 e. The quantitative estimate of drug-likeness (QED) is 0.321. The molecule has 0 saturated heterocycles. The molecule has 9 nitrogen and oxygen atoms in total. The van der Waals surface area contributed by atoms with Crippen LogP contribution in [0.2, 0.25) is 0 Å². The van der Waals surface area contributed by atoms with Crippen molar-refractivity contribution in [1.29, 1.82) is 0 Å². The zero-order valence-corrected chi connectivity index (χ0v) is 19.3. The molecular formula is C25H27N5O4. The number of benzene rings is 2. The fraction of sp³-hybridized carbons (Fsp3) is 0.240. The maximum Gasteiger partial charge on any atom is 0.330 e. The molecule has 0 aliphatic rings. The van der Waals surface area contributed by atoms with E-state index in [4.69, 9.17) is 4.74 Å². The molecule has 2 aromatic carbocycles. The third-order valence-electron chi connectivity index (χ3n) is 5.60. The van der Waals surface area contributed by atoms with Crippen molar-refractivity contribution in [3.8, 4) is 0 Å². The number of nitrogens with zero attached hydrogens (tertiary/aromatic N) is 1. The molecule has 4 rings (SSSR count). The highest BCUT2D eigenvalue weighted by Gasteiger charge is 2.19. The van der Waals surface area contributed by atoms with E-state index in [9.17, 15) is 14.4 Å². The lowest BCUT2D eigenvalue weighted by atomic mass is 10.1. The number of ether oxygens (including phenoxy) is 1. The van der Waals surface area contributed by atoms with Gasteiger partial charge in [-0.15, -0.1) is 0 Å². The minimum atomic E-state index is -0.634. The number of aromatic nitrogens is 3. The van der Waals surface area contributed by atoms with Crippen LogP contribution in [-0.4, -0.2) is 34.2 Å². The lowest BCUT2D eigenvalue weighted by Gasteiger charge is -2.17. The standard InChI is InChI=1S/C25H27N5O4/c1-15-11-16(2)18-13-20(27-19(18)12-15)23(31)28-22-21(26-14-17-7-5-4-6-8-17)24(32)29-25(33)30(22)9-10-34-3/h4-8,11-13,26-27H,9-10,14H2,1-3H3,(H,28,31)(H,29,32,33). The normalized spacial score (nSPS) is 11.0. The molecule has 0 fully saturated rings. The van der Waals surface area contributed by atoms with Crippen molar-refractivity contribution in [3.05, 3.63) is 91.8 Å². The van der Waals surface area contributed by atoms with E-state index in [0.29, 0.717) is 12.2 Å². The summed E-state index contributed by atoms with van der Waals surface area (Å²) in [5, 5.41) is 6.78. The fourth-order valence-corrected chi connectivity index (χ4v) is 3.94. The van der Waals surface area contributed by atoms with Crippen LogP contribution in [0.15, 0.2) is 58.1 Å². The van der Waals surface area contributed by atoms with Crippen LogP contribution in [0.25, 0.3) is 10.9 Å². The van der Waals surface area contributed by atoms with E-state index in [2.05, 4.69) is 20.6 Å². The molecule has 34 heavy (non-hydrogen) atoms. The molecule has 4 N–H and O–H groups in total. The maximum atomic E-state index is 13.2. The van der Waals surface area contributed by atoms with Gasteiger partial charge in [0.05, 0.1) is 13.2 Å². The van der Waals surface area contributed by atoms with Gasteiger partial charge >= 0.3 is 5.69 Å². The number of aryl methyl sites for hydroxylation is 2. The van der Waals surface area contributed by atoms with Crippen molar-refractivity contribution in [3.63, 3.8) is 0 Å². The topological polar surface area (TPSA) is 121 Å². The average molecular weight is 462 g/mol. The number of hydrogen-bond acceptors (Lipinski definition) is 5. The minimum Gasteiger partial charge on any atom is -0.383 e. The highest BCUT2D eigenvalue weighted by Crippen LogP contribution is 2.23. The number of fused-ring (bicyclic) bond motifs is 1. The number of methoxy groups -OCH3 is 1. The van der Waals surface area contributed by atoms with E-state index in [0.717, 1.165) is 27.6 Å². The van der Waals surface area contributed by atoms with E-state index in [1.807, 2.05) is 56.3 Å². The third kappa shape index (κ3) is 4.79. The molecule has 0 radical (unpaired) electrons. The van der Waals surface area contributed by atoms with Crippen molar-refractivity contribution in [1.82, 2.24) is 14.5 Å². The molecule has 0 spiro atoms. The number of hydrogen-bond donors (Lipinski definition) is 4. The second kappa shape index (κ2) is 9.80. The number of carbonyl (C=O) groups is 1. The first-order valence-corrected chi connectivity index (χ1v) is 10.9. The van der Waals surface area contributed by atoms with Crippen molar-refractivity contribution in [2.45, 2.75) is 26.9 Å². The van der Waals surface area contributed by atoms with Crippen LogP contribution < -0.4 is 21.9 Å². The third-order valence-corrected chi connectivity index (χ3v) is 5.60. The first-order valence-electron chi connectivity index (χ1n) is 10.9. The number of aromatic amines is 2. The molecule has 0 unspecified atom stereocenters. The monoisotopic (exact) mass is 461 g/mol.